The first-order chi connectivity index (χ1) is 10.0. The van der Waals surface area contributed by atoms with Crippen LogP contribution in [0.1, 0.15) is 20.3 Å². The van der Waals surface area contributed by atoms with Crippen molar-refractivity contribution in [3.8, 4) is 5.75 Å². The van der Waals surface area contributed by atoms with Crippen molar-refractivity contribution in [3.63, 3.8) is 0 Å². The number of hydrogen-bond donors (Lipinski definition) is 2. The van der Waals surface area contributed by atoms with E-state index in [4.69, 9.17) is 4.74 Å². The van der Waals surface area contributed by atoms with Crippen molar-refractivity contribution in [1.82, 2.24) is 9.62 Å². The molecule has 120 valence electrons. The van der Waals surface area contributed by atoms with E-state index in [1.165, 1.54) is 4.31 Å². The average Bonchev–Trinajstić information content (AvgIpc) is 2.45. The second-order valence-corrected chi connectivity index (χ2v) is 6.34. The van der Waals surface area contributed by atoms with Gasteiger partial charge >= 0.3 is 10.2 Å². The van der Waals surface area contributed by atoms with Crippen LogP contribution in [0.2, 0.25) is 0 Å². The second kappa shape index (κ2) is 8.86. The van der Waals surface area contributed by atoms with Crippen LogP contribution in [0.25, 0.3) is 0 Å². The van der Waals surface area contributed by atoms with Gasteiger partial charge in [-0.15, -0.1) is 0 Å². The van der Waals surface area contributed by atoms with Crippen molar-refractivity contribution in [2.45, 2.75) is 20.3 Å². The number of hydrogen-bond acceptors (Lipinski definition) is 4. The summed E-state index contributed by atoms with van der Waals surface area (Å²) in [6.07, 6.45) is 0.762. The number of nitrogens with one attached hydrogen (secondary N) is 2. The van der Waals surface area contributed by atoms with E-state index >= 15 is 0 Å². The van der Waals surface area contributed by atoms with Gasteiger partial charge in [0.1, 0.15) is 5.75 Å². The van der Waals surface area contributed by atoms with Crippen LogP contribution in [0, 0.1) is 0 Å². The minimum absolute atomic E-state index is 0.456. The van der Waals surface area contributed by atoms with E-state index in [1.807, 2.05) is 19.9 Å². The lowest BCUT2D eigenvalue weighted by molar-refractivity contribution is 0.342. The van der Waals surface area contributed by atoms with E-state index in [2.05, 4.69) is 10.0 Å². The minimum Gasteiger partial charge on any atom is -0.492 e. The Kier molecular flexibility index (Phi) is 7.49. The van der Waals surface area contributed by atoms with Gasteiger partial charge < -0.3 is 10.1 Å². The third-order valence-electron chi connectivity index (χ3n) is 2.91. The molecule has 2 N–H and O–H groups in total. The first kappa shape index (κ1) is 17.7. The molecular weight excluding hydrogens is 290 g/mol. The summed E-state index contributed by atoms with van der Waals surface area (Å²) in [5.74, 6) is 0.532. The van der Waals surface area contributed by atoms with Crippen LogP contribution in [0.5, 0.6) is 5.75 Å². The highest BCUT2D eigenvalue weighted by atomic mass is 32.2. The van der Waals surface area contributed by atoms with E-state index in [1.54, 1.807) is 25.2 Å². The summed E-state index contributed by atoms with van der Waals surface area (Å²) in [4.78, 5) is 0. The molecule has 0 saturated heterocycles. The van der Waals surface area contributed by atoms with Crippen LogP contribution in [-0.4, -0.2) is 46.0 Å². The molecule has 1 aromatic carbocycles. The quantitative estimate of drug-likeness (QED) is 0.644. The van der Waals surface area contributed by atoms with Gasteiger partial charge in [0, 0.05) is 13.6 Å². The topological polar surface area (TPSA) is 70.7 Å². The number of nitrogens with zero attached hydrogens (tertiary/aromatic N) is 1. The zero-order valence-corrected chi connectivity index (χ0v) is 13.7. The lowest BCUT2D eigenvalue weighted by Gasteiger charge is -2.19. The molecule has 0 aliphatic heterocycles. The van der Waals surface area contributed by atoms with Crippen molar-refractivity contribution in [2.75, 3.05) is 38.0 Å². The van der Waals surface area contributed by atoms with Gasteiger partial charge in [0.25, 0.3) is 0 Å². The number of anilines is 1. The zero-order valence-electron chi connectivity index (χ0n) is 12.9. The Morgan fingerprint density at radius 3 is 2.62 bits per heavy atom. The molecule has 0 saturated carbocycles. The number of benzene rings is 1. The SMILES string of the molecule is CCNCCCN(C)S(=O)(=O)Nc1ccccc1OCC. The minimum atomic E-state index is -3.57. The maximum Gasteiger partial charge on any atom is 0.301 e. The fourth-order valence-corrected chi connectivity index (χ4v) is 2.74. The van der Waals surface area contributed by atoms with Crippen molar-refractivity contribution in [3.05, 3.63) is 24.3 Å². The molecule has 1 rings (SSSR count). The zero-order chi connectivity index (χ0) is 15.7. The molecule has 0 aliphatic rings. The number of rotatable bonds is 10. The first-order valence-corrected chi connectivity index (χ1v) is 8.62. The molecule has 0 spiro atoms. The van der Waals surface area contributed by atoms with Crippen molar-refractivity contribution < 1.29 is 13.2 Å². The maximum absolute atomic E-state index is 12.3. The third kappa shape index (κ3) is 5.91. The molecule has 21 heavy (non-hydrogen) atoms. The van der Waals surface area contributed by atoms with Crippen LogP contribution in [0.15, 0.2) is 24.3 Å². The van der Waals surface area contributed by atoms with E-state index in [0.29, 0.717) is 24.6 Å². The summed E-state index contributed by atoms with van der Waals surface area (Å²) in [6, 6.07) is 7.01. The summed E-state index contributed by atoms with van der Waals surface area (Å²) in [5.41, 5.74) is 0.456. The van der Waals surface area contributed by atoms with Crippen LogP contribution in [0.3, 0.4) is 0 Å². The Morgan fingerprint density at radius 2 is 1.95 bits per heavy atom. The van der Waals surface area contributed by atoms with Crippen LogP contribution in [0.4, 0.5) is 5.69 Å². The Hall–Kier alpha value is -1.31. The van der Waals surface area contributed by atoms with Gasteiger partial charge in [-0.25, -0.2) is 0 Å². The summed E-state index contributed by atoms with van der Waals surface area (Å²) >= 11 is 0. The van der Waals surface area contributed by atoms with Crippen molar-refractivity contribution in [1.29, 1.82) is 0 Å². The highest BCUT2D eigenvalue weighted by Crippen LogP contribution is 2.25. The second-order valence-electron chi connectivity index (χ2n) is 4.56. The Labute approximate surface area is 127 Å². The molecule has 1 aromatic rings. The van der Waals surface area contributed by atoms with Gasteiger partial charge in [-0.05, 0) is 38.6 Å². The molecule has 0 radical (unpaired) electrons. The number of para-hydroxylation sites is 2. The Bertz CT molecular complexity index is 520. The maximum atomic E-state index is 12.3. The van der Waals surface area contributed by atoms with Gasteiger partial charge in [0.05, 0.1) is 12.3 Å². The highest BCUT2D eigenvalue weighted by Gasteiger charge is 2.18. The molecule has 0 bridgehead atoms. The molecule has 0 heterocycles. The fourth-order valence-electron chi connectivity index (χ4n) is 1.77. The van der Waals surface area contributed by atoms with E-state index < -0.39 is 10.2 Å². The summed E-state index contributed by atoms with van der Waals surface area (Å²) in [7, 11) is -2.00. The number of ether oxygens (including phenoxy) is 1. The van der Waals surface area contributed by atoms with Crippen LogP contribution >= 0.6 is 0 Å². The molecule has 0 atom stereocenters. The van der Waals surface area contributed by atoms with Gasteiger partial charge in [-0.3, -0.25) is 4.72 Å². The first-order valence-electron chi connectivity index (χ1n) is 7.17. The van der Waals surface area contributed by atoms with Crippen molar-refractivity contribution in [2.24, 2.45) is 0 Å². The summed E-state index contributed by atoms with van der Waals surface area (Å²) < 4.78 is 33.8. The van der Waals surface area contributed by atoms with E-state index in [-0.39, 0.29) is 0 Å². The fraction of sp³-hybridized carbons (Fsp3) is 0.571. The highest BCUT2D eigenvalue weighted by molar-refractivity contribution is 7.90. The molecule has 0 amide bonds. The van der Waals surface area contributed by atoms with Gasteiger partial charge in [0.15, 0.2) is 0 Å². The Morgan fingerprint density at radius 1 is 1.24 bits per heavy atom. The lowest BCUT2D eigenvalue weighted by Crippen LogP contribution is -2.34. The summed E-state index contributed by atoms with van der Waals surface area (Å²) in [5, 5.41) is 3.17. The monoisotopic (exact) mass is 315 g/mol. The summed E-state index contributed by atoms with van der Waals surface area (Å²) in [6.45, 7) is 6.50. The predicted molar refractivity (Wildman–Crippen MR) is 85.9 cm³/mol. The normalized spacial score (nSPS) is 11.6. The molecule has 7 heteroatoms. The van der Waals surface area contributed by atoms with E-state index in [9.17, 15) is 8.42 Å². The molecule has 0 aromatic heterocycles. The van der Waals surface area contributed by atoms with Crippen LogP contribution < -0.4 is 14.8 Å². The van der Waals surface area contributed by atoms with Gasteiger partial charge in [0.2, 0.25) is 0 Å². The Balaban J connectivity index is 2.67. The van der Waals surface area contributed by atoms with E-state index in [0.717, 1.165) is 19.5 Å². The smallest absolute Gasteiger partial charge is 0.301 e. The molecule has 0 unspecified atom stereocenters. The van der Waals surface area contributed by atoms with Crippen molar-refractivity contribution >= 4 is 15.9 Å². The molecular formula is C14H25N3O3S. The standard InChI is InChI=1S/C14H25N3O3S/c1-4-15-11-8-12-17(3)21(18,19)16-13-9-6-7-10-14(13)20-5-2/h6-7,9-10,15-16H,4-5,8,11-12H2,1-3H3. The van der Waals surface area contributed by atoms with Gasteiger partial charge in [-0.1, -0.05) is 19.1 Å². The molecule has 0 fully saturated rings. The lowest BCUT2D eigenvalue weighted by atomic mass is 10.3. The average molecular weight is 315 g/mol. The predicted octanol–water partition coefficient (Wildman–Crippen LogP) is 1.67. The van der Waals surface area contributed by atoms with Crippen LogP contribution in [-0.2, 0) is 10.2 Å². The van der Waals surface area contributed by atoms with Gasteiger partial charge in [-0.2, -0.15) is 12.7 Å². The molecule has 6 nitrogen and oxygen atoms in total. The third-order valence-corrected chi connectivity index (χ3v) is 4.39. The molecule has 0 aliphatic carbocycles. The largest absolute Gasteiger partial charge is 0.492 e.